The quantitative estimate of drug-likeness (QED) is 0.858. The third-order valence-electron chi connectivity index (χ3n) is 3.55. The number of carbonyl (C=O) groups is 1. The first kappa shape index (κ1) is 14.1. The van der Waals surface area contributed by atoms with Gasteiger partial charge in [0.15, 0.2) is 0 Å². The molecule has 3 nitrogen and oxygen atoms in total. The van der Waals surface area contributed by atoms with Gasteiger partial charge in [-0.15, -0.1) is 11.3 Å². The molecule has 1 heterocycles. The number of carbonyl (C=O) groups excluding carboxylic acids is 1. The van der Waals surface area contributed by atoms with E-state index in [4.69, 9.17) is 5.11 Å². The topological polar surface area (TPSA) is 40.5 Å². The van der Waals surface area contributed by atoms with Gasteiger partial charge in [0.25, 0.3) is 5.91 Å². The second kappa shape index (κ2) is 6.23. The highest BCUT2D eigenvalue weighted by Crippen LogP contribution is 2.35. The standard InChI is InChI=1S/C15H19NO2S/c1-11(12-6-7-12)16(2)15(18)14-13(8-10-19-14)5-3-4-9-17/h8,10-12,17H,4,6-7,9H2,1-2H3. The molecule has 1 amide bonds. The van der Waals surface area contributed by atoms with E-state index in [2.05, 4.69) is 18.8 Å². The molecule has 1 N–H and O–H groups in total. The fourth-order valence-corrected chi connectivity index (χ4v) is 2.86. The van der Waals surface area contributed by atoms with Gasteiger partial charge in [-0.3, -0.25) is 4.79 Å². The van der Waals surface area contributed by atoms with Gasteiger partial charge in [0, 0.05) is 25.1 Å². The van der Waals surface area contributed by atoms with E-state index in [1.54, 1.807) is 0 Å². The molecule has 0 bridgehead atoms. The summed E-state index contributed by atoms with van der Waals surface area (Å²) in [6.07, 6.45) is 2.90. The Labute approximate surface area is 118 Å². The fraction of sp³-hybridized carbons (Fsp3) is 0.533. The SMILES string of the molecule is CC(C1CC1)N(C)C(=O)c1sccc1C#CCCO. The summed E-state index contributed by atoms with van der Waals surface area (Å²) >= 11 is 1.44. The average Bonchev–Trinajstić information content (AvgIpc) is 3.16. The lowest BCUT2D eigenvalue weighted by atomic mass is 10.1. The van der Waals surface area contributed by atoms with Crippen LogP contribution in [0.5, 0.6) is 0 Å². The third kappa shape index (κ3) is 3.37. The first-order valence-corrected chi connectivity index (χ1v) is 7.47. The molecular weight excluding hydrogens is 258 g/mol. The average molecular weight is 277 g/mol. The molecule has 1 aromatic heterocycles. The molecule has 1 aliphatic rings. The molecule has 102 valence electrons. The molecular formula is C15H19NO2S. The van der Waals surface area contributed by atoms with Gasteiger partial charge in [-0.2, -0.15) is 0 Å². The Balaban J connectivity index is 2.11. The summed E-state index contributed by atoms with van der Waals surface area (Å²) in [5.41, 5.74) is 0.776. The summed E-state index contributed by atoms with van der Waals surface area (Å²) < 4.78 is 0. The molecule has 0 saturated heterocycles. The minimum Gasteiger partial charge on any atom is -0.395 e. The molecule has 1 atom stereocenters. The second-order valence-electron chi connectivity index (χ2n) is 4.93. The largest absolute Gasteiger partial charge is 0.395 e. The highest BCUT2D eigenvalue weighted by molar-refractivity contribution is 7.12. The van der Waals surface area contributed by atoms with E-state index in [1.165, 1.54) is 24.2 Å². The molecule has 4 heteroatoms. The van der Waals surface area contributed by atoms with Crippen molar-refractivity contribution in [3.05, 3.63) is 21.9 Å². The molecule has 19 heavy (non-hydrogen) atoms. The zero-order valence-electron chi connectivity index (χ0n) is 11.3. The van der Waals surface area contributed by atoms with Crippen LogP contribution >= 0.6 is 11.3 Å². The molecule has 1 unspecified atom stereocenters. The number of aliphatic hydroxyl groups excluding tert-OH is 1. The van der Waals surface area contributed by atoms with Gasteiger partial charge in [0.2, 0.25) is 0 Å². The van der Waals surface area contributed by atoms with Crippen LogP contribution < -0.4 is 0 Å². The van der Waals surface area contributed by atoms with Crippen molar-refractivity contribution in [1.29, 1.82) is 0 Å². The van der Waals surface area contributed by atoms with Crippen molar-refractivity contribution in [2.75, 3.05) is 13.7 Å². The van der Waals surface area contributed by atoms with Gasteiger partial charge >= 0.3 is 0 Å². The van der Waals surface area contributed by atoms with Crippen LogP contribution in [0.3, 0.4) is 0 Å². The van der Waals surface area contributed by atoms with Crippen LogP contribution in [-0.2, 0) is 0 Å². The molecule has 0 aromatic carbocycles. The Morgan fingerprint density at radius 3 is 3.00 bits per heavy atom. The predicted octanol–water partition coefficient (Wildman–Crippen LogP) is 2.35. The Morgan fingerprint density at radius 1 is 1.63 bits per heavy atom. The maximum atomic E-state index is 12.5. The van der Waals surface area contributed by atoms with Crippen molar-refractivity contribution in [3.8, 4) is 11.8 Å². The highest BCUT2D eigenvalue weighted by atomic mass is 32.1. The second-order valence-corrected chi connectivity index (χ2v) is 5.85. The molecule has 1 aliphatic carbocycles. The number of rotatable bonds is 4. The first-order chi connectivity index (χ1) is 9.15. The lowest BCUT2D eigenvalue weighted by Crippen LogP contribution is -2.36. The third-order valence-corrected chi connectivity index (χ3v) is 4.46. The number of aliphatic hydroxyl groups is 1. The Morgan fingerprint density at radius 2 is 2.37 bits per heavy atom. The van der Waals surface area contributed by atoms with Crippen molar-refractivity contribution >= 4 is 17.2 Å². The van der Waals surface area contributed by atoms with E-state index < -0.39 is 0 Å². The summed E-state index contributed by atoms with van der Waals surface area (Å²) in [5.74, 6) is 6.56. The number of thiophene rings is 1. The van der Waals surface area contributed by atoms with Gasteiger partial charge in [-0.05, 0) is 37.1 Å². The molecule has 1 saturated carbocycles. The maximum absolute atomic E-state index is 12.5. The van der Waals surface area contributed by atoms with Crippen LogP contribution in [0.25, 0.3) is 0 Å². The van der Waals surface area contributed by atoms with Crippen molar-refractivity contribution in [1.82, 2.24) is 4.90 Å². The first-order valence-electron chi connectivity index (χ1n) is 6.59. The van der Waals surface area contributed by atoms with Crippen molar-refractivity contribution in [2.24, 2.45) is 5.92 Å². The molecule has 0 spiro atoms. The maximum Gasteiger partial charge on any atom is 0.265 e. The Kier molecular flexibility index (Phi) is 4.62. The van der Waals surface area contributed by atoms with E-state index in [1.807, 2.05) is 23.4 Å². The van der Waals surface area contributed by atoms with Crippen molar-refractivity contribution in [3.63, 3.8) is 0 Å². The number of amides is 1. The number of hydrogen-bond acceptors (Lipinski definition) is 3. The van der Waals surface area contributed by atoms with Gasteiger partial charge in [0.1, 0.15) is 4.88 Å². The Bertz CT molecular complexity index is 508. The van der Waals surface area contributed by atoms with Crippen LogP contribution in [0.15, 0.2) is 11.4 Å². The minimum absolute atomic E-state index is 0.0546. The summed E-state index contributed by atoms with van der Waals surface area (Å²) in [6, 6.07) is 2.17. The van der Waals surface area contributed by atoms with Crippen LogP contribution in [0, 0.1) is 17.8 Å². The monoisotopic (exact) mass is 277 g/mol. The van der Waals surface area contributed by atoms with Crippen LogP contribution in [-0.4, -0.2) is 35.6 Å². The zero-order chi connectivity index (χ0) is 13.8. The van der Waals surface area contributed by atoms with Crippen LogP contribution in [0.4, 0.5) is 0 Å². The molecule has 2 rings (SSSR count). The summed E-state index contributed by atoms with van der Waals surface area (Å²) in [5, 5.41) is 10.6. The van der Waals surface area contributed by atoms with E-state index in [9.17, 15) is 4.79 Å². The number of nitrogens with zero attached hydrogens (tertiary/aromatic N) is 1. The van der Waals surface area contributed by atoms with E-state index in [-0.39, 0.29) is 12.5 Å². The van der Waals surface area contributed by atoms with E-state index >= 15 is 0 Å². The lowest BCUT2D eigenvalue weighted by Gasteiger charge is -2.24. The summed E-state index contributed by atoms with van der Waals surface area (Å²) in [4.78, 5) is 15.0. The molecule has 1 aromatic rings. The fourth-order valence-electron chi connectivity index (χ4n) is 2.03. The predicted molar refractivity (Wildman–Crippen MR) is 77.2 cm³/mol. The smallest absolute Gasteiger partial charge is 0.265 e. The van der Waals surface area contributed by atoms with Crippen LogP contribution in [0.2, 0.25) is 0 Å². The summed E-state index contributed by atoms with van der Waals surface area (Å²) in [7, 11) is 1.87. The normalized spacial score (nSPS) is 15.5. The molecule has 1 fully saturated rings. The van der Waals surface area contributed by atoms with Gasteiger partial charge in [-0.25, -0.2) is 0 Å². The minimum atomic E-state index is 0.0546. The van der Waals surface area contributed by atoms with Gasteiger partial charge < -0.3 is 10.0 Å². The van der Waals surface area contributed by atoms with Crippen molar-refractivity contribution in [2.45, 2.75) is 32.2 Å². The molecule has 0 aliphatic heterocycles. The Hall–Kier alpha value is -1.31. The number of hydrogen-bond donors (Lipinski definition) is 1. The highest BCUT2D eigenvalue weighted by Gasteiger charge is 2.33. The lowest BCUT2D eigenvalue weighted by molar-refractivity contribution is 0.0732. The molecule has 0 radical (unpaired) electrons. The van der Waals surface area contributed by atoms with E-state index in [0.29, 0.717) is 23.3 Å². The zero-order valence-corrected chi connectivity index (χ0v) is 12.2. The van der Waals surface area contributed by atoms with Crippen molar-refractivity contribution < 1.29 is 9.90 Å². The summed E-state index contributed by atoms with van der Waals surface area (Å²) in [6.45, 7) is 2.17. The van der Waals surface area contributed by atoms with Gasteiger partial charge in [0.05, 0.1) is 6.61 Å². The van der Waals surface area contributed by atoms with Gasteiger partial charge in [-0.1, -0.05) is 11.8 Å². The van der Waals surface area contributed by atoms with Crippen LogP contribution in [0.1, 0.15) is 41.4 Å². The van der Waals surface area contributed by atoms with E-state index in [0.717, 1.165) is 5.56 Å².